The largest absolute Gasteiger partial charge is 0.356 e. The van der Waals surface area contributed by atoms with Gasteiger partial charge in [0.25, 0.3) is 0 Å². The molecule has 0 atom stereocenters. The smallest absolute Gasteiger partial charge is 0.219 e. The molecule has 0 aliphatic heterocycles. The summed E-state index contributed by atoms with van der Waals surface area (Å²) in [6.45, 7) is 22.6. The molecule has 6 nitrogen and oxygen atoms in total. The molecule has 0 aromatic rings. The molecule has 0 aliphatic carbocycles. The third-order valence-corrected chi connectivity index (χ3v) is 6.30. The van der Waals surface area contributed by atoms with E-state index < -0.39 is 0 Å². The van der Waals surface area contributed by atoms with E-state index in [2.05, 4.69) is 62.8 Å². The molecule has 41 heavy (non-hydrogen) atoms. The quantitative estimate of drug-likeness (QED) is 0.0604. The summed E-state index contributed by atoms with van der Waals surface area (Å²) in [6, 6.07) is 0.597. The van der Waals surface area contributed by atoms with Crippen molar-refractivity contribution in [1.82, 2.24) is 21.3 Å². The van der Waals surface area contributed by atoms with Gasteiger partial charge in [-0.1, -0.05) is 100 Å². The minimum Gasteiger partial charge on any atom is -0.356 e. The summed E-state index contributed by atoms with van der Waals surface area (Å²) in [5.41, 5.74) is 0. The zero-order valence-corrected chi connectivity index (χ0v) is 29.6. The van der Waals surface area contributed by atoms with Crippen LogP contribution in [0.5, 0.6) is 0 Å². The Balaban J connectivity index is -0.000000266. The van der Waals surface area contributed by atoms with Gasteiger partial charge in [0.05, 0.1) is 0 Å². The summed E-state index contributed by atoms with van der Waals surface area (Å²) in [7, 11) is 2.00. The van der Waals surface area contributed by atoms with Crippen molar-refractivity contribution in [3.05, 3.63) is 0 Å². The van der Waals surface area contributed by atoms with Gasteiger partial charge in [0.1, 0.15) is 6.29 Å². The summed E-state index contributed by atoms with van der Waals surface area (Å²) in [4.78, 5) is 21.5. The van der Waals surface area contributed by atoms with Crippen molar-refractivity contribution in [1.29, 1.82) is 0 Å². The molecular formula is C35H78N4O2. The van der Waals surface area contributed by atoms with Crippen LogP contribution in [0.25, 0.3) is 0 Å². The number of hydrogen-bond acceptors (Lipinski definition) is 5. The number of unbranched alkanes of at least 4 members (excludes halogenated alkanes) is 10. The Morgan fingerprint density at radius 2 is 1.24 bits per heavy atom. The number of carbonyl (C=O) groups is 2. The Morgan fingerprint density at radius 3 is 1.80 bits per heavy atom. The van der Waals surface area contributed by atoms with Gasteiger partial charge in [0.2, 0.25) is 5.91 Å². The maximum absolute atomic E-state index is 11.5. The highest BCUT2D eigenvalue weighted by atomic mass is 16.1. The van der Waals surface area contributed by atoms with Gasteiger partial charge in [-0.15, -0.1) is 0 Å². The second-order valence-corrected chi connectivity index (χ2v) is 11.4. The summed E-state index contributed by atoms with van der Waals surface area (Å²) >= 11 is 0. The Kier molecular flexibility index (Phi) is 52.7. The van der Waals surface area contributed by atoms with Gasteiger partial charge in [-0.25, -0.2) is 0 Å². The van der Waals surface area contributed by atoms with Crippen LogP contribution in [-0.4, -0.2) is 58.0 Å². The van der Waals surface area contributed by atoms with Gasteiger partial charge in [-0.05, 0) is 90.5 Å². The number of nitrogens with one attached hydrogen (secondary N) is 4. The normalized spacial score (nSPS) is 10.2. The lowest BCUT2D eigenvalue weighted by Gasteiger charge is -2.06. The van der Waals surface area contributed by atoms with Gasteiger partial charge in [0, 0.05) is 25.4 Å². The third-order valence-electron chi connectivity index (χ3n) is 6.30. The molecule has 0 fully saturated rings. The summed E-state index contributed by atoms with van der Waals surface area (Å²) in [5, 5.41) is 12.9. The van der Waals surface area contributed by atoms with E-state index in [1.165, 1.54) is 77.0 Å². The molecule has 4 N–H and O–H groups in total. The van der Waals surface area contributed by atoms with Crippen molar-refractivity contribution >= 4 is 12.2 Å². The van der Waals surface area contributed by atoms with E-state index in [1.807, 2.05) is 20.9 Å². The molecule has 0 radical (unpaired) electrons. The number of amides is 1. The predicted octanol–water partition coefficient (Wildman–Crippen LogP) is 8.44. The molecule has 6 heteroatoms. The maximum atomic E-state index is 11.5. The van der Waals surface area contributed by atoms with Crippen LogP contribution >= 0.6 is 0 Å². The van der Waals surface area contributed by atoms with Crippen LogP contribution in [0.15, 0.2) is 0 Å². The molecule has 0 aliphatic rings. The SMILES string of the molecule is CC.CC(C)NCCCCCCC=O.CCCCCNC(=O)CCCCCCCNCCC.CNCCCC(C)C. The number of rotatable bonds is 26. The van der Waals surface area contributed by atoms with E-state index in [1.54, 1.807) is 0 Å². The molecule has 0 heterocycles. The first-order valence-corrected chi connectivity index (χ1v) is 17.6. The lowest BCUT2D eigenvalue weighted by atomic mass is 10.1. The summed E-state index contributed by atoms with van der Waals surface area (Å²) in [5.74, 6) is 1.10. The Bertz CT molecular complexity index is 459. The Hall–Kier alpha value is -0.980. The van der Waals surface area contributed by atoms with Crippen LogP contribution in [0.4, 0.5) is 0 Å². The first-order chi connectivity index (χ1) is 19.8. The minimum absolute atomic E-state index is 0.237. The van der Waals surface area contributed by atoms with Crippen molar-refractivity contribution in [2.75, 3.05) is 39.8 Å². The van der Waals surface area contributed by atoms with E-state index in [0.29, 0.717) is 12.5 Å². The van der Waals surface area contributed by atoms with Crippen LogP contribution in [0.3, 0.4) is 0 Å². The fourth-order valence-corrected chi connectivity index (χ4v) is 3.84. The van der Waals surface area contributed by atoms with Gasteiger partial charge in [-0.3, -0.25) is 4.79 Å². The van der Waals surface area contributed by atoms with Crippen LogP contribution < -0.4 is 21.3 Å². The number of hydrogen-bond donors (Lipinski definition) is 4. The van der Waals surface area contributed by atoms with E-state index in [9.17, 15) is 9.59 Å². The fourth-order valence-electron chi connectivity index (χ4n) is 3.84. The standard InChI is InChI=1S/C16H34N2O.C10H21NO.C7H17N.C2H6/c1-3-5-10-15-18-16(19)12-9-7-6-8-11-14-17-13-4-2;1-10(2)11-8-6-4-3-5-7-9-12;1-7(2)5-4-6-8-3;1-2/h17H,3-15H2,1-2H3,(H,18,19);9-11H,3-8H2,1-2H3;7-8H,4-6H2,1-3H3;1-2H3. The number of carbonyl (C=O) groups excluding carboxylic acids is 2. The molecular weight excluding hydrogens is 508 g/mol. The maximum Gasteiger partial charge on any atom is 0.219 e. The molecule has 0 aromatic carbocycles. The zero-order chi connectivity index (χ0) is 31.8. The monoisotopic (exact) mass is 587 g/mol. The van der Waals surface area contributed by atoms with E-state index in [0.717, 1.165) is 70.6 Å². The molecule has 0 aromatic heterocycles. The molecule has 0 bridgehead atoms. The summed E-state index contributed by atoms with van der Waals surface area (Å²) in [6.07, 6.45) is 20.6. The van der Waals surface area contributed by atoms with Gasteiger partial charge in [-0.2, -0.15) is 0 Å². The van der Waals surface area contributed by atoms with Crippen molar-refractivity contribution in [2.24, 2.45) is 5.92 Å². The van der Waals surface area contributed by atoms with Crippen molar-refractivity contribution in [3.63, 3.8) is 0 Å². The zero-order valence-electron chi connectivity index (χ0n) is 29.6. The highest BCUT2D eigenvalue weighted by Gasteiger charge is 2.00. The summed E-state index contributed by atoms with van der Waals surface area (Å²) < 4.78 is 0. The van der Waals surface area contributed by atoms with Crippen LogP contribution in [0, 0.1) is 5.92 Å². The molecule has 0 unspecified atom stereocenters. The highest BCUT2D eigenvalue weighted by Crippen LogP contribution is 2.05. The third kappa shape index (κ3) is 59.3. The first-order valence-electron chi connectivity index (χ1n) is 17.6. The van der Waals surface area contributed by atoms with Crippen LogP contribution in [0.2, 0.25) is 0 Å². The highest BCUT2D eigenvalue weighted by molar-refractivity contribution is 5.75. The van der Waals surface area contributed by atoms with E-state index in [-0.39, 0.29) is 5.91 Å². The fraction of sp³-hybridized carbons (Fsp3) is 0.943. The van der Waals surface area contributed by atoms with Gasteiger partial charge in [0.15, 0.2) is 0 Å². The topological polar surface area (TPSA) is 82.3 Å². The molecule has 0 spiro atoms. The predicted molar refractivity (Wildman–Crippen MR) is 185 cm³/mol. The molecule has 0 rings (SSSR count). The number of aldehydes is 1. The van der Waals surface area contributed by atoms with E-state index >= 15 is 0 Å². The van der Waals surface area contributed by atoms with Crippen LogP contribution in [0.1, 0.15) is 165 Å². The Morgan fingerprint density at radius 1 is 0.659 bits per heavy atom. The second-order valence-electron chi connectivity index (χ2n) is 11.4. The molecule has 0 saturated heterocycles. The Labute approximate surface area is 259 Å². The average Bonchev–Trinajstić information content (AvgIpc) is 2.95. The van der Waals surface area contributed by atoms with Crippen molar-refractivity contribution in [3.8, 4) is 0 Å². The van der Waals surface area contributed by atoms with Gasteiger partial charge >= 0.3 is 0 Å². The molecule has 1 amide bonds. The van der Waals surface area contributed by atoms with Crippen molar-refractivity contribution in [2.45, 2.75) is 171 Å². The van der Waals surface area contributed by atoms with E-state index in [4.69, 9.17) is 0 Å². The lowest BCUT2D eigenvalue weighted by Crippen LogP contribution is -2.23. The molecule has 0 saturated carbocycles. The second kappa shape index (κ2) is 46.0. The van der Waals surface area contributed by atoms with Crippen molar-refractivity contribution < 1.29 is 9.59 Å². The average molecular weight is 587 g/mol. The molecule has 250 valence electrons. The van der Waals surface area contributed by atoms with Gasteiger partial charge < -0.3 is 26.1 Å². The van der Waals surface area contributed by atoms with Crippen LogP contribution in [-0.2, 0) is 9.59 Å². The lowest BCUT2D eigenvalue weighted by molar-refractivity contribution is -0.121. The first kappa shape index (κ1) is 47.0. The minimum atomic E-state index is 0.237.